The molecule has 2 aliphatic heterocycles. The highest BCUT2D eigenvalue weighted by atomic mass is 19.1. The molecule has 4 rings (SSSR count). The van der Waals surface area contributed by atoms with E-state index in [0.29, 0.717) is 17.5 Å². The van der Waals surface area contributed by atoms with Crippen LogP contribution >= 0.6 is 0 Å². The molecule has 0 aromatic heterocycles. The Labute approximate surface area is 172 Å². The number of nitriles is 1. The van der Waals surface area contributed by atoms with Gasteiger partial charge in [0.05, 0.1) is 12.1 Å². The quantitative estimate of drug-likeness (QED) is 0.800. The number of nitrogens with one attached hydrogen (secondary N) is 2. The van der Waals surface area contributed by atoms with Gasteiger partial charge in [-0.1, -0.05) is 19.1 Å². The van der Waals surface area contributed by atoms with Crippen LogP contribution in [-0.2, 0) is 16.6 Å². The SMILES string of the molecule is CN1CCC(C)(c2ccc(CC(C#N)NC(=O)C3NC4CCC3C4)c(F)c2)CC1. The van der Waals surface area contributed by atoms with Crippen molar-refractivity contribution in [3.8, 4) is 6.07 Å². The van der Waals surface area contributed by atoms with E-state index < -0.39 is 6.04 Å². The van der Waals surface area contributed by atoms with Crippen LogP contribution in [0.3, 0.4) is 0 Å². The maximum atomic E-state index is 14.9. The van der Waals surface area contributed by atoms with E-state index >= 15 is 0 Å². The minimum atomic E-state index is -0.720. The van der Waals surface area contributed by atoms with Gasteiger partial charge in [-0.2, -0.15) is 5.26 Å². The zero-order chi connectivity index (χ0) is 20.6. The standard InChI is InChI=1S/C23H31FN4O/c1-23(7-9-28(2)10-8-23)17-5-3-15(20(24)13-17)11-19(14-25)27-22(29)21-16-4-6-18(12-16)26-21/h3,5,13,16,18-19,21,26H,4,6-12H2,1-2H3,(H,27,29). The summed E-state index contributed by atoms with van der Waals surface area (Å²) < 4.78 is 14.9. The summed E-state index contributed by atoms with van der Waals surface area (Å²) in [5, 5.41) is 15.7. The molecule has 1 aliphatic carbocycles. The van der Waals surface area contributed by atoms with E-state index in [0.717, 1.165) is 50.8 Å². The molecule has 6 heteroatoms. The molecule has 2 heterocycles. The Morgan fingerprint density at radius 2 is 2.17 bits per heavy atom. The fraction of sp³-hybridized carbons (Fsp3) is 0.652. The van der Waals surface area contributed by atoms with E-state index in [1.54, 1.807) is 12.1 Å². The Morgan fingerprint density at radius 3 is 2.76 bits per heavy atom. The Balaban J connectivity index is 1.40. The fourth-order valence-corrected chi connectivity index (χ4v) is 5.25. The van der Waals surface area contributed by atoms with Gasteiger partial charge in [0.25, 0.3) is 0 Å². The molecule has 3 fully saturated rings. The van der Waals surface area contributed by atoms with E-state index in [1.807, 2.05) is 6.07 Å². The van der Waals surface area contributed by atoms with E-state index in [-0.39, 0.29) is 29.6 Å². The van der Waals surface area contributed by atoms with Gasteiger partial charge in [-0.15, -0.1) is 0 Å². The minimum Gasteiger partial charge on any atom is -0.339 e. The van der Waals surface area contributed by atoms with Gasteiger partial charge in [0, 0.05) is 12.5 Å². The third-order valence-corrected chi connectivity index (χ3v) is 7.38. The van der Waals surface area contributed by atoms with Crippen molar-refractivity contribution in [3.05, 3.63) is 35.1 Å². The highest BCUT2D eigenvalue weighted by Crippen LogP contribution is 2.36. The zero-order valence-electron chi connectivity index (χ0n) is 17.4. The smallest absolute Gasteiger partial charge is 0.238 e. The highest BCUT2D eigenvalue weighted by molar-refractivity contribution is 5.83. The Hall–Kier alpha value is -1.97. The van der Waals surface area contributed by atoms with E-state index in [1.165, 1.54) is 0 Å². The summed E-state index contributed by atoms with van der Waals surface area (Å²) in [7, 11) is 2.12. The van der Waals surface area contributed by atoms with Crippen LogP contribution in [0.25, 0.3) is 0 Å². The van der Waals surface area contributed by atoms with Crippen molar-refractivity contribution in [2.75, 3.05) is 20.1 Å². The summed E-state index contributed by atoms with van der Waals surface area (Å²) in [6.07, 6.45) is 5.44. The average Bonchev–Trinajstić information content (AvgIpc) is 3.34. The van der Waals surface area contributed by atoms with Crippen molar-refractivity contribution >= 4 is 5.91 Å². The molecular weight excluding hydrogens is 367 g/mol. The van der Waals surface area contributed by atoms with Crippen LogP contribution in [0.2, 0.25) is 0 Å². The van der Waals surface area contributed by atoms with Crippen LogP contribution in [0.4, 0.5) is 4.39 Å². The second kappa shape index (κ2) is 8.04. The third kappa shape index (κ3) is 4.17. The monoisotopic (exact) mass is 398 g/mol. The molecule has 5 nitrogen and oxygen atoms in total. The molecule has 1 saturated carbocycles. The Morgan fingerprint density at radius 1 is 1.41 bits per heavy atom. The Kier molecular flexibility index (Phi) is 5.63. The first-order valence-corrected chi connectivity index (χ1v) is 10.8. The van der Waals surface area contributed by atoms with Crippen LogP contribution in [0.5, 0.6) is 0 Å². The number of amides is 1. The molecule has 4 atom stereocenters. The van der Waals surface area contributed by atoms with Gasteiger partial charge < -0.3 is 15.5 Å². The number of halogens is 1. The molecule has 1 amide bonds. The lowest BCUT2D eigenvalue weighted by atomic mass is 9.74. The number of nitrogens with zero attached hydrogens (tertiary/aromatic N) is 2. The molecule has 2 bridgehead atoms. The topological polar surface area (TPSA) is 68.2 Å². The summed E-state index contributed by atoms with van der Waals surface area (Å²) in [5.74, 6) is -0.0412. The molecule has 0 radical (unpaired) electrons. The van der Waals surface area contributed by atoms with Gasteiger partial charge in [-0.25, -0.2) is 4.39 Å². The number of hydrogen-bond acceptors (Lipinski definition) is 4. The maximum absolute atomic E-state index is 14.9. The van der Waals surface area contributed by atoms with E-state index in [2.05, 4.69) is 35.6 Å². The lowest BCUT2D eigenvalue weighted by Gasteiger charge is -2.38. The van der Waals surface area contributed by atoms with Gasteiger partial charge >= 0.3 is 0 Å². The summed E-state index contributed by atoms with van der Waals surface area (Å²) in [6.45, 7) is 4.23. The zero-order valence-corrected chi connectivity index (χ0v) is 17.4. The molecule has 156 valence electrons. The normalized spacial score (nSPS) is 29.4. The first-order valence-electron chi connectivity index (χ1n) is 10.8. The summed E-state index contributed by atoms with van der Waals surface area (Å²) >= 11 is 0. The molecule has 29 heavy (non-hydrogen) atoms. The molecule has 1 aromatic rings. The highest BCUT2D eigenvalue weighted by Gasteiger charge is 2.43. The number of fused-ring (bicyclic) bond motifs is 2. The average molecular weight is 399 g/mol. The van der Waals surface area contributed by atoms with Crippen LogP contribution in [0.15, 0.2) is 18.2 Å². The van der Waals surface area contributed by atoms with Crippen LogP contribution in [0, 0.1) is 23.1 Å². The maximum Gasteiger partial charge on any atom is 0.238 e. The number of likely N-dealkylation sites (tertiary alicyclic amines) is 1. The number of rotatable bonds is 5. The molecule has 3 aliphatic rings. The number of benzene rings is 1. The predicted octanol–water partition coefficient (Wildman–Crippen LogP) is 2.50. The largest absolute Gasteiger partial charge is 0.339 e. The summed E-state index contributed by atoms with van der Waals surface area (Å²) in [5.41, 5.74) is 1.50. The van der Waals surface area contributed by atoms with Crippen molar-refractivity contribution < 1.29 is 9.18 Å². The van der Waals surface area contributed by atoms with Crippen molar-refractivity contribution in [2.45, 2.75) is 69.0 Å². The van der Waals surface area contributed by atoms with Gasteiger partial charge in [0.2, 0.25) is 5.91 Å². The summed E-state index contributed by atoms with van der Waals surface area (Å²) in [6, 6.07) is 7.06. The lowest BCUT2D eigenvalue weighted by Crippen LogP contribution is -2.50. The second-order valence-electron chi connectivity index (χ2n) is 9.48. The number of piperidine rings is 2. The van der Waals surface area contributed by atoms with Crippen LogP contribution < -0.4 is 10.6 Å². The first-order chi connectivity index (χ1) is 13.9. The van der Waals surface area contributed by atoms with E-state index in [9.17, 15) is 14.4 Å². The first kappa shape index (κ1) is 20.3. The predicted molar refractivity (Wildman–Crippen MR) is 110 cm³/mol. The van der Waals surface area contributed by atoms with Crippen LogP contribution in [-0.4, -0.2) is 49.1 Å². The van der Waals surface area contributed by atoms with Crippen molar-refractivity contribution in [2.24, 2.45) is 5.92 Å². The van der Waals surface area contributed by atoms with Gasteiger partial charge in [-0.3, -0.25) is 4.79 Å². The third-order valence-electron chi connectivity index (χ3n) is 7.38. The molecule has 2 saturated heterocycles. The number of carbonyl (C=O) groups is 1. The molecule has 1 aromatic carbocycles. The van der Waals surface area contributed by atoms with E-state index in [4.69, 9.17) is 0 Å². The Bertz CT molecular complexity index is 812. The molecular formula is C23H31FN4O. The number of carbonyl (C=O) groups excluding carboxylic acids is 1. The van der Waals surface area contributed by atoms with Gasteiger partial charge in [-0.05, 0) is 80.8 Å². The van der Waals surface area contributed by atoms with Gasteiger partial charge in [0.15, 0.2) is 0 Å². The van der Waals surface area contributed by atoms with Gasteiger partial charge in [0.1, 0.15) is 11.9 Å². The van der Waals surface area contributed by atoms with Crippen molar-refractivity contribution in [1.82, 2.24) is 15.5 Å². The molecule has 0 spiro atoms. The van der Waals surface area contributed by atoms with Crippen molar-refractivity contribution in [3.63, 3.8) is 0 Å². The number of hydrogen-bond donors (Lipinski definition) is 2. The fourth-order valence-electron chi connectivity index (χ4n) is 5.25. The molecule has 4 unspecified atom stereocenters. The second-order valence-corrected chi connectivity index (χ2v) is 9.48. The lowest BCUT2D eigenvalue weighted by molar-refractivity contribution is -0.124. The minimum absolute atomic E-state index is 0.0117. The molecule has 2 N–H and O–H groups in total. The van der Waals surface area contributed by atoms with Crippen molar-refractivity contribution in [1.29, 1.82) is 5.26 Å². The van der Waals surface area contributed by atoms with Crippen LogP contribution in [0.1, 0.15) is 50.2 Å². The summed E-state index contributed by atoms with van der Waals surface area (Å²) in [4.78, 5) is 14.9.